The summed E-state index contributed by atoms with van der Waals surface area (Å²) in [4.78, 5) is 0. The second kappa shape index (κ2) is 10.2. The molecule has 1 N–H and O–H groups in total. The molecule has 2 aromatic rings. The molecule has 0 radical (unpaired) electrons. The average molecular weight is 416 g/mol. The minimum atomic E-state index is -4.41. The molecular weight excluding hydrogens is 392 g/mol. The molecule has 0 spiro atoms. The fraction of sp³-hybridized carbons (Fsp3) is 0.238. The first-order valence-corrected chi connectivity index (χ1v) is 10.1. The van der Waals surface area contributed by atoms with E-state index in [0.29, 0.717) is 0 Å². The fourth-order valence-corrected chi connectivity index (χ4v) is 3.10. The van der Waals surface area contributed by atoms with Crippen molar-refractivity contribution in [1.82, 2.24) is 5.01 Å². The van der Waals surface area contributed by atoms with Gasteiger partial charge in [0.1, 0.15) is 12.6 Å². The highest BCUT2D eigenvalue weighted by Gasteiger charge is 2.42. The van der Waals surface area contributed by atoms with Crippen LogP contribution in [0.2, 0.25) is 0 Å². The summed E-state index contributed by atoms with van der Waals surface area (Å²) in [6.07, 6.45) is 5.43. The van der Waals surface area contributed by atoms with Crippen molar-refractivity contribution in [2.24, 2.45) is 0 Å². The lowest BCUT2D eigenvalue weighted by molar-refractivity contribution is -0.928. The Kier molecular flexibility index (Phi) is 7.96. The first kappa shape index (κ1) is 22.6. The van der Waals surface area contributed by atoms with Crippen molar-refractivity contribution in [3.05, 3.63) is 77.5 Å². The maximum absolute atomic E-state index is 9.22. The van der Waals surface area contributed by atoms with Crippen molar-refractivity contribution in [2.75, 3.05) is 27.8 Å². The van der Waals surface area contributed by atoms with Gasteiger partial charge in [-0.25, -0.2) is 13.4 Å². The zero-order valence-corrected chi connectivity index (χ0v) is 17.3. The van der Waals surface area contributed by atoms with Gasteiger partial charge in [-0.05, 0) is 17.7 Å². The highest BCUT2D eigenvalue weighted by atomic mass is 32.3. The van der Waals surface area contributed by atoms with Crippen molar-refractivity contribution in [3.63, 3.8) is 0 Å². The number of benzene rings is 2. The lowest BCUT2D eigenvalue weighted by atomic mass is 10.0. The lowest BCUT2D eigenvalue weighted by Gasteiger charge is -2.23. The van der Waals surface area contributed by atoms with Gasteiger partial charge >= 0.3 is 0 Å². The molecule has 2 atom stereocenters. The number of nitrogens with one attached hydrogen (secondary N) is 1. The monoisotopic (exact) mass is 416 g/mol. The second-order valence-corrected chi connectivity index (χ2v) is 7.33. The van der Waals surface area contributed by atoms with E-state index < -0.39 is 10.4 Å². The Morgan fingerprint density at radius 2 is 1.66 bits per heavy atom. The van der Waals surface area contributed by atoms with E-state index in [-0.39, 0.29) is 12.6 Å². The minimum Gasteiger partial charge on any atom is -0.726 e. The SMILES string of the molecule is C#CCOC1=C(c2ccccc2)[NH+](C)N(C)C1c1ccccc1.COS(=O)(=O)[O-]. The zero-order valence-electron chi connectivity index (χ0n) is 16.5. The summed E-state index contributed by atoms with van der Waals surface area (Å²) in [5, 5.41) is 3.45. The molecule has 154 valence electrons. The largest absolute Gasteiger partial charge is 0.726 e. The molecule has 7 nitrogen and oxygen atoms in total. The Morgan fingerprint density at radius 3 is 2.14 bits per heavy atom. The van der Waals surface area contributed by atoms with Gasteiger partial charge in [-0.3, -0.25) is 4.18 Å². The second-order valence-electron chi connectivity index (χ2n) is 6.18. The maximum Gasteiger partial charge on any atom is 0.217 e. The molecule has 29 heavy (non-hydrogen) atoms. The van der Waals surface area contributed by atoms with Crippen LogP contribution in [-0.4, -0.2) is 45.8 Å². The van der Waals surface area contributed by atoms with Gasteiger partial charge in [0.05, 0.1) is 14.2 Å². The number of ether oxygens (including phenoxy) is 1. The van der Waals surface area contributed by atoms with Crippen LogP contribution in [0.1, 0.15) is 17.2 Å². The number of rotatable bonds is 5. The van der Waals surface area contributed by atoms with Crippen LogP contribution in [-0.2, 0) is 19.3 Å². The summed E-state index contributed by atoms with van der Waals surface area (Å²) in [5.41, 5.74) is 3.49. The Hall–Kier alpha value is -2.67. The van der Waals surface area contributed by atoms with Gasteiger partial charge in [0, 0.05) is 12.6 Å². The summed E-state index contributed by atoms with van der Waals surface area (Å²) in [5.74, 6) is 3.52. The Bertz CT molecular complexity index is 969. The molecule has 1 heterocycles. The molecule has 0 aromatic heterocycles. The van der Waals surface area contributed by atoms with E-state index in [1.54, 1.807) is 0 Å². The number of hydrogen-bond acceptors (Lipinski definition) is 6. The summed E-state index contributed by atoms with van der Waals surface area (Å²) < 4.78 is 37.0. The summed E-state index contributed by atoms with van der Waals surface area (Å²) >= 11 is 0. The van der Waals surface area contributed by atoms with Gasteiger partial charge in [0.15, 0.2) is 11.5 Å². The van der Waals surface area contributed by atoms with Gasteiger partial charge in [0.2, 0.25) is 10.4 Å². The number of nitrogens with zero attached hydrogens (tertiary/aromatic N) is 1. The highest BCUT2D eigenvalue weighted by molar-refractivity contribution is 7.80. The third-order valence-electron chi connectivity index (χ3n) is 4.47. The van der Waals surface area contributed by atoms with Crippen LogP contribution in [0, 0.1) is 12.3 Å². The standard InChI is InChI=1S/C20H20N2O.CH4O4S/c1-4-15-23-20-18(16-11-7-5-8-12-16)21(2)22(3)19(20)17-13-9-6-10-14-17;1-5-6(2,3)4/h1,5-14,18H,15H2,2-3H3;1H3,(H,2,3,4). The third-order valence-corrected chi connectivity index (χ3v) is 4.87. The smallest absolute Gasteiger partial charge is 0.217 e. The van der Waals surface area contributed by atoms with Crippen molar-refractivity contribution in [1.29, 1.82) is 0 Å². The first-order chi connectivity index (χ1) is 13.8. The van der Waals surface area contributed by atoms with Gasteiger partial charge in [0.25, 0.3) is 0 Å². The molecule has 3 rings (SSSR count). The number of hydrogen-bond donors (Lipinski definition) is 1. The van der Waals surface area contributed by atoms with Gasteiger partial charge < -0.3 is 9.29 Å². The molecule has 0 amide bonds. The lowest BCUT2D eigenvalue weighted by Crippen LogP contribution is -3.11. The van der Waals surface area contributed by atoms with E-state index in [0.717, 1.165) is 24.1 Å². The molecule has 0 saturated heterocycles. The quantitative estimate of drug-likeness (QED) is 0.448. The van der Waals surface area contributed by atoms with Crippen molar-refractivity contribution >= 4 is 16.1 Å². The predicted octanol–water partition coefficient (Wildman–Crippen LogP) is 1.21. The molecule has 0 saturated carbocycles. The topological polar surface area (TPSA) is 83.3 Å². The fourth-order valence-electron chi connectivity index (χ4n) is 3.10. The molecule has 2 unspecified atom stereocenters. The Labute approximate surface area is 172 Å². The van der Waals surface area contributed by atoms with E-state index in [1.165, 1.54) is 10.6 Å². The summed E-state index contributed by atoms with van der Waals surface area (Å²) in [7, 11) is 0.625. The van der Waals surface area contributed by atoms with Crippen LogP contribution < -0.4 is 5.01 Å². The van der Waals surface area contributed by atoms with Crippen LogP contribution in [0.5, 0.6) is 0 Å². The molecule has 0 bridgehead atoms. The average Bonchev–Trinajstić information content (AvgIpc) is 2.97. The van der Waals surface area contributed by atoms with E-state index >= 15 is 0 Å². The van der Waals surface area contributed by atoms with Gasteiger partial charge in [-0.1, -0.05) is 54.5 Å². The van der Waals surface area contributed by atoms with Crippen LogP contribution in [0.4, 0.5) is 0 Å². The Morgan fingerprint density at radius 1 is 1.14 bits per heavy atom. The molecule has 8 heteroatoms. The molecular formula is C21H24N2O5S. The molecule has 2 aromatic carbocycles. The minimum absolute atomic E-state index is 0.0553. The van der Waals surface area contributed by atoms with Crippen molar-refractivity contribution in [3.8, 4) is 12.3 Å². The summed E-state index contributed by atoms with van der Waals surface area (Å²) in [6.45, 7) is 0.274. The predicted molar refractivity (Wildman–Crippen MR) is 109 cm³/mol. The molecule has 1 aliphatic rings. The van der Waals surface area contributed by atoms with E-state index in [1.807, 2.05) is 24.3 Å². The van der Waals surface area contributed by atoms with Crippen LogP contribution in [0.15, 0.2) is 66.4 Å². The van der Waals surface area contributed by atoms with Crippen LogP contribution >= 0.6 is 0 Å². The highest BCUT2D eigenvalue weighted by Crippen LogP contribution is 2.34. The van der Waals surface area contributed by atoms with E-state index in [2.05, 4.69) is 65.6 Å². The maximum atomic E-state index is 9.22. The third kappa shape index (κ3) is 5.90. The van der Waals surface area contributed by atoms with Crippen LogP contribution in [0.3, 0.4) is 0 Å². The van der Waals surface area contributed by atoms with Crippen molar-refractivity contribution < 1.29 is 26.9 Å². The van der Waals surface area contributed by atoms with Crippen LogP contribution in [0.25, 0.3) is 5.70 Å². The number of terminal acetylenes is 1. The first-order valence-electron chi connectivity index (χ1n) is 8.79. The number of likely N-dealkylation sites (N-methyl/N-ethyl adjacent to an activating group) is 1. The van der Waals surface area contributed by atoms with Crippen molar-refractivity contribution in [2.45, 2.75) is 6.04 Å². The van der Waals surface area contributed by atoms with Gasteiger partial charge in [-0.2, -0.15) is 0 Å². The normalized spacial score (nSPS) is 19.3. The van der Waals surface area contributed by atoms with E-state index in [9.17, 15) is 13.0 Å². The molecule has 1 aliphatic heterocycles. The van der Waals surface area contributed by atoms with Gasteiger partial charge in [-0.15, -0.1) is 11.4 Å². The molecule has 0 fully saturated rings. The van der Waals surface area contributed by atoms with E-state index in [4.69, 9.17) is 11.2 Å². The summed E-state index contributed by atoms with van der Waals surface area (Å²) in [6, 6.07) is 20.8. The number of quaternary nitrogens is 1. The zero-order chi connectivity index (χ0) is 21.4. The Balaban J connectivity index is 0.000000438. The molecule has 0 aliphatic carbocycles.